The molecule has 1 aromatic carbocycles. The number of benzene rings is 1. The minimum atomic E-state index is 0.112. The van der Waals surface area contributed by atoms with Crippen LogP contribution in [0, 0.1) is 0 Å². The van der Waals surface area contributed by atoms with Crippen molar-refractivity contribution in [2.75, 3.05) is 0 Å². The molecule has 86 valence electrons. The monoisotopic (exact) mass is 244 g/mol. The number of carbonyl (C=O) groups is 1. The molecule has 0 fully saturated rings. The van der Waals surface area contributed by atoms with E-state index in [4.69, 9.17) is 11.6 Å². The predicted molar refractivity (Wildman–Crippen MR) is 72.0 cm³/mol. The average Bonchev–Trinajstić information content (AvgIpc) is 2.29. The third-order valence-electron chi connectivity index (χ3n) is 2.71. The highest BCUT2D eigenvalue weighted by Crippen LogP contribution is 2.23. The summed E-state index contributed by atoms with van der Waals surface area (Å²) in [6.45, 7) is 3.67. The largest absolute Gasteiger partial charge is 0.289 e. The van der Waals surface area contributed by atoms with Gasteiger partial charge >= 0.3 is 0 Å². The van der Waals surface area contributed by atoms with Crippen LogP contribution < -0.4 is 0 Å². The predicted octanol–water partition coefficient (Wildman–Crippen LogP) is 4.20. The molecule has 0 unspecified atom stereocenters. The first-order chi connectivity index (χ1) is 8.08. The van der Waals surface area contributed by atoms with E-state index in [-0.39, 0.29) is 5.78 Å². The van der Waals surface area contributed by atoms with E-state index in [1.807, 2.05) is 56.3 Å². The zero-order valence-electron chi connectivity index (χ0n) is 9.83. The number of Topliss-reactive ketones (excluding diaryl/α,β-unsaturated/α-hetero) is 1. The van der Waals surface area contributed by atoms with E-state index < -0.39 is 0 Å². The molecule has 2 rings (SSSR count). The van der Waals surface area contributed by atoms with Gasteiger partial charge in [-0.1, -0.05) is 29.8 Å². The summed E-state index contributed by atoms with van der Waals surface area (Å²) < 4.78 is 0. The van der Waals surface area contributed by atoms with Crippen molar-refractivity contribution in [3.63, 3.8) is 0 Å². The Morgan fingerprint density at radius 2 is 1.65 bits per heavy atom. The molecule has 0 N–H and O–H groups in total. The van der Waals surface area contributed by atoms with Crippen LogP contribution in [0.2, 0.25) is 5.02 Å². The molecule has 2 heteroatoms. The van der Waals surface area contributed by atoms with Gasteiger partial charge in [0.05, 0.1) is 0 Å². The van der Waals surface area contributed by atoms with Crippen molar-refractivity contribution < 1.29 is 4.79 Å². The van der Waals surface area contributed by atoms with Gasteiger partial charge in [-0.2, -0.15) is 0 Å². The molecule has 0 amide bonds. The summed E-state index contributed by atoms with van der Waals surface area (Å²) in [5.74, 6) is 0.112. The second kappa shape index (κ2) is 4.72. The maximum atomic E-state index is 11.6. The van der Waals surface area contributed by atoms with Crippen molar-refractivity contribution >= 4 is 23.5 Å². The summed E-state index contributed by atoms with van der Waals surface area (Å²) >= 11 is 6.09. The van der Waals surface area contributed by atoms with Gasteiger partial charge in [-0.15, -0.1) is 0 Å². The van der Waals surface area contributed by atoms with E-state index in [1.165, 1.54) is 0 Å². The maximum Gasteiger partial charge on any atom is 0.184 e. The fourth-order valence-electron chi connectivity index (χ4n) is 1.84. The van der Waals surface area contributed by atoms with Crippen LogP contribution in [0.3, 0.4) is 0 Å². The van der Waals surface area contributed by atoms with Crippen LogP contribution in [-0.4, -0.2) is 5.78 Å². The Kier molecular flexibility index (Phi) is 3.30. The second-order valence-electron chi connectivity index (χ2n) is 4.15. The number of hydrogen-bond acceptors (Lipinski definition) is 1. The molecular formula is C15H13ClO. The third kappa shape index (κ3) is 2.56. The highest BCUT2D eigenvalue weighted by Gasteiger charge is 2.12. The molecule has 0 atom stereocenters. The standard InChI is InChI=1S/C15H13ClO/c1-10-7-12(8-11(2)15(10)17)9-13-5-3-4-6-14(13)16/h3-9H,1-2H3. The van der Waals surface area contributed by atoms with Crippen molar-refractivity contribution in [1.29, 1.82) is 0 Å². The van der Waals surface area contributed by atoms with Crippen LogP contribution in [0.1, 0.15) is 19.4 Å². The van der Waals surface area contributed by atoms with Gasteiger partial charge in [0.25, 0.3) is 0 Å². The van der Waals surface area contributed by atoms with Gasteiger partial charge < -0.3 is 0 Å². The highest BCUT2D eigenvalue weighted by atomic mass is 35.5. The lowest BCUT2D eigenvalue weighted by Gasteiger charge is -2.09. The molecule has 1 aromatic rings. The fraction of sp³-hybridized carbons (Fsp3) is 0.133. The Morgan fingerprint density at radius 3 is 2.24 bits per heavy atom. The Balaban J connectivity index is 2.43. The molecule has 0 saturated heterocycles. The number of rotatable bonds is 1. The minimum Gasteiger partial charge on any atom is -0.289 e. The van der Waals surface area contributed by atoms with Gasteiger partial charge in [-0.05, 0) is 60.4 Å². The van der Waals surface area contributed by atoms with Crippen molar-refractivity contribution in [2.45, 2.75) is 13.8 Å². The van der Waals surface area contributed by atoms with Gasteiger partial charge in [0.2, 0.25) is 0 Å². The number of halogens is 1. The Hall–Kier alpha value is -1.60. The summed E-state index contributed by atoms with van der Waals surface area (Å²) in [7, 11) is 0. The Morgan fingerprint density at radius 1 is 1.06 bits per heavy atom. The summed E-state index contributed by atoms with van der Waals surface area (Å²) in [5, 5.41) is 0.717. The molecule has 0 aliphatic heterocycles. The zero-order valence-corrected chi connectivity index (χ0v) is 10.6. The normalized spacial score (nSPS) is 15.5. The number of ketones is 1. The Labute approximate surface area is 106 Å². The lowest BCUT2D eigenvalue weighted by atomic mass is 9.95. The molecule has 0 bridgehead atoms. The van der Waals surface area contributed by atoms with Gasteiger partial charge in [-0.25, -0.2) is 0 Å². The van der Waals surface area contributed by atoms with Crippen LogP contribution in [-0.2, 0) is 4.79 Å². The van der Waals surface area contributed by atoms with Crippen LogP contribution in [0.25, 0.3) is 6.08 Å². The molecule has 0 heterocycles. The minimum absolute atomic E-state index is 0.112. The van der Waals surface area contributed by atoms with Crippen LogP contribution in [0.15, 0.2) is 53.1 Å². The van der Waals surface area contributed by atoms with E-state index in [1.54, 1.807) is 0 Å². The zero-order chi connectivity index (χ0) is 12.4. The van der Waals surface area contributed by atoms with E-state index in [9.17, 15) is 4.79 Å². The summed E-state index contributed by atoms with van der Waals surface area (Å²) in [5.41, 5.74) is 3.51. The van der Waals surface area contributed by atoms with Gasteiger partial charge in [0, 0.05) is 5.02 Å². The van der Waals surface area contributed by atoms with Crippen molar-refractivity contribution in [3.05, 3.63) is 63.7 Å². The molecule has 0 aromatic heterocycles. The first-order valence-electron chi connectivity index (χ1n) is 5.45. The maximum absolute atomic E-state index is 11.6. The lowest BCUT2D eigenvalue weighted by Crippen LogP contribution is -2.05. The second-order valence-corrected chi connectivity index (χ2v) is 4.56. The van der Waals surface area contributed by atoms with Crippen molar-refractivity contribution in [3.8, 4) is 0 Å². The van der Waals surface area contributed by atoms with Gasteiger partial charge in [0.1, 0.15) is 0 Å². The first-order valence-corrected chi connectivity index (χ1v) is 5.83. The SMILES string of the molecule is CC1=CC(=Cc2ccccc2Cl)C=C(C)C1=O. The Bertz CT molecular complexity index is 538. The summed E-state index contributed by atoms with van der Waals surface area (Å²) in [4.78, 5) is 11.6. The highest BCUT2D eigenvalue weighted by molar-refractivity contribution is 6.32. The number of carbonyl (C=O) groups excluding carboxylic acids is 1. The molecule has 0 spiro atoms. The third-order valence-corrected chi connectivity index (χ3v) is 3.05. The number of allylic oxidation sites excluding steroid dienone is 5. The summed E-state index contributed by atoms with van der Waals surface area (Å²) in [6, 6.07) is 7.66. The van der Waals surface area contributed by atoms with E-state index in [2.05, 4.69) is 0 Å². The molecule has 1 aliphatic carbocycles. The summed E-state index contributed by atoms with van der Waals surface area (Å²) in [6.07, 6.45) is 5.76. The lowest BCUT2D eigenvalue weighted by molar-refractivity contribution is -0.112. The molecule has 1 nitrogen and oxygen atoms in total. The average molecular weight is 245 g/mol. The smallest absolute Gasteiger partial charge is 0.184 e. The quantitative estimate of drug-likeness (QED) is 0.724. The molecule has 17 heavy (non-hydrogen) atoms. The van der Waals surface area contributed by atoms with Crippen LogP contribution in [0.4, 0.5) is 0 Å². The molecule has 1 aliphatic rings. The fourth-order valence-corrected chi connectivity index (χ4v) is 2.03. The van der Waals surface area contributed by atoms with Gasteiger partial charge in [0.15, 0.2) is 5.78 Å². The van der Waals surface area contributed by atoms with Crippen molar-refractivity contribution in [1.82, 2.24) is 0 Å². The first kappa shape index (κ1) is 11.9. The van der Waals surface area contributed by atoms with Crippen molar-refractivity contribution in [2.24, 2.45) is 0 Å². The molecule has 0 radical (unpaired) electrons. The van der Waals surface area contributed by atoms with Gasteiger partial charge in [-0.3, -0.25) is 4.79 Å². The van der Waals surface area contributed by atoms with E-state index in [0.717, 1.165) is 22.3 Å². The van der Waals surface area contributed by atoms with Crippen LogP contribution in [0.5, 0.6) is 0 Å². The molecular weight excluding hydrogens is 232 g/mol. The van der Waals surface area contributed by atoms with Crippen LogP contribution >= 0.6 is 11.6 Å². The topological polar surface area (TPSA) is 17.1 Å². The van der Waals surface area contributed by atoms with E-state index in [0.29, 0.717) is 5.02 Å². The molecule has 0 saturated carbocycles. The van der Waals surface area contributed by atoms with E-state index >= 15 is 0 Å². The number of hydrogen-bond donors (Lipinski definition) is 0.